The van der Waals surface area contributed by atoms with Crippen LogP contribution in [-0.2, 0) is 5.60 Å². The molecule has 154 valence electrons. The van der Waals surface area contributed by atoms with Crippen molar-refractivity contribution in [3.8, 4) is 11.3 Å². The number of nitrogens with zero attached hydrogens (tertiary/aromatic N) is 3. The topological polar surface area (TPSA) is 39.6 Å². The smallest absolute Gasteiger partial charge is 0.256 e. The molecular weight excluding hydrogens is 372 g/mol. The Morgan fingerprint density at radius 2 is 1.90 bits per heavy atom. The zero-order chi connectivity index (χ0) is 21.4. The van der Waals surface area contributed by atoms with Crippen LogP contribution in [0, 0.1) is 12.3 Å². The number of hydrogen-bond acceptors (Lipinski definition) is 4. The zero-order valence-electron chi connectivity index (χ0n) is 17.6. The summed E-state index contributed by atoms with van der Waals surface area (Å²) in [5.74, 6) is -1.28. The molecule has 0 amide bonds. The van der Waals surface area contributed by atoms with Crippen molar-refractivity contribution in [2.45, 2.75) is 45.6 Å². The fourth-order valence-electron chi connectivity index (χ4n) is 3.91. The van der Waals surface area contributed by atoms with Gasteiger partial charge < -0.3 is 14.9 Å². The number of benzene rings is 1. The van der Waals surface area contributed by atoms with Crippen LogP contribution < -0.4 is 9.80 Å². The standard InChI is InChI=1S/C23H27F2N3O/c1-14-7-8-16(21(3,4)29)11-17(14)18-9-10-19-20(26-18)27(6)15(2)28(19)13-22(5)12-23(22,24)25/h7-11,29H,2,12-13H2,1,3-6H3. The van der Waals surface area contributed by atoms with Gasteiger partial charge in [-0.3, -0.25) is 0 Å². The molecule has 1 saturated carbocycles. The number of aliphatic hydroxyl groups is 1. The third kappa shape index (κ3) is 3.10. The van der Waals surface area contributed by atoms with Gasteiger partial charge in [0.25, 0.3) is 5.92 Å². The molecule has 6 heteroatoms. The summed E-state index contributed by atoms with van der Waals surface area (Å²) in [5, 5.41) is 10.4. The van der Waals surface area contributed by atoms with Gasteiger partial charge in [-0.1, -0.05) is 25.6 Å². The molecular formula is C23H27F2N3O. The third-order valence-electron chi connectivity index (χ3n) is 6.26. The molecule has 0 bridgehead atoms. The second-order valence-electron chi connectivity index (χ2n) is 9.13. The van der Waals surface area contributed by atoms with Crippen LogP contribution in [0.1, 0.15) is 38.3 Å². The summed E-state index contributed by atoms with van der Waals surface area (Å²) in [6.07, 6.45) is -0.0999. The van der Waals surface area contributed by atoms with Gasteiger partial charge in [-0.2, -0.15) is 0 Å². The highest BCUT2D eigenvalue weighted by Gasteiger charge is 2.68. The monoisotopic (exact) mass is 399 g/mol. The summed E-state index contributed by atoms with van der Waals surface area (Å²) in [4.78, 5) is 8.52. The molecule has 1 aromatic carbocycles. The van der Waals surface area contributed by atoms with E-state index in [4.69, 9.17) is 4.98 Å². The lowest BCUT2D eigenvalue weighted by molar-refractivity contribution is 0.0726. The molecule has 1 aliphatic carbocycles. The van der Waals surface area contributed by atoms with Crippen molar-refractivity contribution in [1.29, 1.82) is 0 Å². The fourth-order valence-corrected chi connectivity index (χ4v) is 3.91. The molecule has 1 fully saturated rings. The van der Waals surface area contributed by atoms with Crippen LogP contribution in [0.2, 0.25) is 0 Å². The van der Waals surface area contributed by atoms with Gasteiger partial charge in [0, 0.05) is 25.6 Å². The van der Waals surface area contributed by atoms with Gasteiger partial charge in [-0.25, -0.2) is 13.8 Å². The van der Waals surface area contributed by atoms with E-state index in [0.717, 1.165) is 28.1 Å². The Labute approximate surface area is 170 Å². The number of aryl methyl sites for hydroxylation is 1. The van der Waals surface area contributed by atoms with Crippen molar-refractivity contribution in [1.82, 2.24) is 4.98 Å². The van der Waals surface area contributed by atoms with Crippen molar-refractivity contribution in [2.24, 2.45) is 5.41 Å². The molecule has 1 unspecified atom stereocenters. The van der Waals surface area contributed by atoms with E-state index in [2.05, 4.69) is 6.58 Å². The SMILES string of the molecule is C=C1N(C)c2nc(-c3cc(C(C)(C)O)ccc3C)ccc2N1CC1(C)CC1(F)F. The minimum atomic E-state index is -2.63. The van der Waals surface area contributed by atoms with Crippen molar-refractivity contribution >= 4 is 11.5 Å². The summed E-state index contributed by atoms with van der Waals surface area (Å²) in [5.41, 5.74) is 2.38. The van der Waals surface area contributed by atoms with Gasteiger partial charge in [0.2, 0.25) is 0 Å². The van der Waals surface area contributed by atoms with Gasteiger partial charge in [0.1, 0.15) is 5.82 Å². The molecule has 29 heavy (non-hydrogen) atoms. The largest absolute Gasteiger partial charge is 0.386 e. The summed E-state index contributed by atoms with van der Waals surface area (Å²) in [6, 6.07) is 9.67. The second-order valence-corrected chi connectivity index (χ2v) is 9.13. The predicted molar refractivity (Wildman–Crippen MR) is 112 cm³/mol. The Hall–Kier alpha value is -2.47. The van der Waals surface area contributed by atoms with E-state index in [-0.39, 0.29) is 13.0 Å². The van der Waals surface area contributed by atoms with Gasteiger partial charge in [-0.05, 0) is 50.1 Å². The van der Waals surface area contributed by atoms with E-state index in [9.17, 15) is 13.9 Å². The lowest BCUT2D eigenvalue weighted by atomic mass is 9.93. The highest BCUT2D eigenvalue weighted by atomic mass is 19.3. The first-order chi connectivity index (χ1) is 13.3. The molecule has 4 rings (SSSR count). The first-order valence-electron chi connectivity index (χ1n) is 9.77. The number of anilines is 2. The highest BCUT2D eigenvalue weighted by molar-refractivity contribution is 5.82. The number of fused-ring (bicyclic) bond motifs is 1. The maximum atomic E-state index is 13.8. The van der Waals surface area contributed by atoms with Crippen LogP contribution in [0.5, 0.6) is 0 Å². The van der Waals surface area contributed by atoms with Crippen molar-refractivity contribution in [3.05, 3.63) is 53.9 Å². The predicted octanol–water partition coefficient (Wildman–Crippen LogP) is 5.06. The van der Waals surface area contributed by atoms with Gasteiger partial charge in [0.15, 0.2) is 5.82 Å². The third-order valence-corrected chi connectivity index (χ3v) is 6.26. The Kier molecular flexibility index (Phi) is 4.11. The quantitative estimate of drug-likeness (QED) is 0.780. The lowest BCUT2D eigenvalue weighted by Gasteiger charge is -2.24. The van der Waals surface area contributed by atoms with Crippen LogP contribution >= 0.6 is 0 Å². The van der Waals surface area contributed by atoms with Crippen LogP contribution in [0.15, 0.2) is 42.7 Å². The van der Waals surface area contributed by atoms with E-state index in [1.54, 1.807) is 20.8 Å². The Morgan fingerprint density at radius 3 is 2.48 bits per heavy atom. The molecule has 1 N–H and O–H groups in total. The molecule has 1 atom stereocenters. The molecule has 0 radical (unpaired) electrons. The summed E-state index contributed by atoms with van der Waals surface area (Å²) in [7, 11) is 1.85. The van der Waals surface area contributed by atoms with E-state index in [1.165, 1.54) is 0 Å². The maximum absolute atomic E-state index is 13.8. The minimum absolute atomic E-state index is 0.0999. The van der Waals surface area contributed by atoms with E-state index < -0.39 is 16.9 Å². The lowest BCUT2D eigenvalue weighted by Crippen LogP contribution is -2.32. The summed E-state index contributed by atoms with van der Waals surface area (Å²) >= 11 is 0. The molecule has 2 aliphatic rings. The fraction of sp³-hybridized carbons (Fsp3) is 0.435. The Morgan fingerprint density at radius 1 is 1.24 bits per heavy atom. The highest BCUT2D eigenvalue weighted by Crippen LogP contribution is 2.61. The Bertz CT molecular complexity index is 1010. The Balaban J connectivity index is 1.73. The van der Waals surface area contributed by atoms with Gasteiger partial charge in [-0.15, -0.1) is 0 Å². The van der Waals surface area contributed by atoms with Crippen molar-refractivity contribution in [3.63, 3.8) is 0 Å². The van der Waals surface area contributed by atoms with E-state index in [0.29, 0.717) is 11.6 Å². The second kappa shape index (κ2) is 6.02. The first kappa shape index (κ1) is 19.8. The number of rotatable bonds is 4. The molecule has 0 spiro atoms. The number of hydrogen-bond donors (Lipinski definition) is 1. The van der Waals surface area contributed by atoms with Crippen molar-refractivity contribution < 1.29 is 13.9 Å². The van der Waals surface area contributed by atoms with Gasteiger partial charge in [0.05, 0.1) is 22.4 Å². The molecule has 4 nitrogen and oxygen atoms in total. The van der Waals surface area contributed by atoms with Crippen LogP contribution in [0.25, 0.3) is 11.3 Å². The zero-order valence-corrected chi connectivity index (χ0v) is 17.6. The number of pyridine rings is 1. The normalized spacial score (nSPS) is 22.8. The van der Waals surface area contributed by atoms with Crippen LogP contribution in [0.3, 0.4) is 0 Å². The van der Waals surface area contributed by atoms with Gasteiger partial charge >= 0.3 is 0 Å². The molecule has 2 aromatic rings. The summed E-state index contributed by atoms with van der Waals surface area (Å²) in [6.45, 7) is 11.4. The molecule has 1 aliphatic heterocycles. The summed E-state index contributed by atoms with van der Waals surface area (Å²) < 4.78 is 27.6. The molecule has 2 heterocycles. The van der Waals surface area contributed by atoms with Crippen LogP contribution in [0.4, 0.5) is 20.3 Å². The molecule has 0 saturated heterocycles. The molecule has 1 aromatic heterocycles. The van der Waals surface area contributed by atoms with Crippen molar-refractivity contribution in [2.75, 3.05) is 23.4 Å². The first-order valence-corrected chi connectivity index (χ1v) is 9.77. The average Bonchev–Trinajstić information content (AvgIpc) is 3.05. The average molecular weight is 399 g/mol. The van der Waals surface area contributed by atoms with E-state index in [1.807, 2.05) is 54.1 Å². The van der Waals surface area contributed by atoms with Crippen LogP contribution in [-0.4, -0.2) is 29.6 Å². The number of alkyl halides is 2. The van der Waals surface area contributed by atoms with E-state index >= 15 is 0 Å². The number of aromatic nitrogens is 1. The number of halogens is 2. The maximum Gasteiger partial charge on any atom is 0.256 e. The minimum Gasteiger partial charge on any atom is -0.386 e.